The molecule has 4 rings (SSSR count). The van der Waals surface area contributed by atoms with Crippen LogP contribution in [-0.4, -0.2) is 30.6 Å². The second-order valence-corrected chi connectivity index (χ2v) is 9.50. The first-order valence-electron chi connectivity index (χ1n) is 12.2. The van der Waals surface area contributed by atoms with E-state index in [1.807, 2.05) is 0 Å². The number of hydrogen-bond acceptors (Lipinski definition) is 5. The molecule has 7 nitrogen and oxygen atoms in total. The average molecular weight is 556 g/mol. The molecule has 0 heterocycles. The number of thioether (sulfide) groups is 1. The Morgan fingerprint density at radius 2 is 1.57 bits per heavy atom. The van der Waals surface area contributed by atoms with Crippen molar-refractivity contribution in [1.29, 1.82) is 0 Å². The highest BCUT2D eigenvalue weighted by atomic mass is 32.2. The SMILES string of the molecule is COc1ccc(/C=C(/NC(=O)c2ccccc2)C(=O)Nc2cccc(SCC(=O)Nc3ccccc3F)c2)cc1. The van der Waals surface area contributed by atoms with Crippen LogP contribution in [0.1, 0.15) is 15.9 Å². The molecule has 0 radical (unpaired) electrons. The smallest absolute Gasteiger partial charge is 0.272 e. The van der Waals surface area contributed by atoms with E-state index in [1.165, 1.54) is 23.9 Å². The topological polar surface area (TPSA) is 96.5 Å². The molecular formula is C31H26FN3O4S. The number of nitrogens with one attached hydrogen (secondary N) is 3. The Bertz CT molecular complexity index is 1530. The summed E-state index contributed by atoms with van der Waals surface area (Å²) in [7, 11) is 1.56. The Morgan fingerprint density at radius 1 is 0.850 bits per heavy atom. The molecule has 0 unspecified atom stereocenters. The first-order valence-corrected chi connectivity index (χ1v) is 13.2. The molecule has 0 fully saturated rings. The third kappa shape index (κ3) is 8.05. The summed E-state index contributed by atoms with van der Waals surface area (Å²) >= 11 is 1.24. The highest BCUT2D eigenvalue weighted by Gasteiger charge is 2.16. The zero-order valence-corrected chi connectivity index (χ0v) is 22.3. The van der Waals surface area contributed by atoms with E-state index in [0.717, 1.165) is 4.90 Å². The molecule has 202 valence electrons. The highest BCUT2D eigenvalue weighted by Crippen LogP contribution is 2.23. The van der Waals surface area contributed by atoms with Crippen LogP contribution in [0.25, 0.3) is 6.08 Å². The van der Waals surface area contributed by atoms with Crippen molar-refractivity contribution in [2.24, 2.45) is 0 Å². The normalized spacial score (nSPS) is 10.9. The van der Waals surface area contributed by atoms with Crippen molar-refractivity contribution in [3.63, 3.8) is 0 Å². The quantitative estimate of drug-likeness (QED) is 0.165. The van der Waals surface area contributed by atoms with Gasteiger partial charge < -0.3 is 20.7 Å². The van der Waals surface area contributed by atoms with E-state index in [4.69, 9.17) is 4.74 Å². The molecular weight excluding hydrogens is 529 g/mol. The number of ether oxygens (including phenoxy) is 1. The lowest BCUT2D eigenvalue weighted by Gasteiger charge is -2.12. The Morgan fingerprint density at radius 3 is 2.30 bits per heavy atom. The van der Waals surface area contributed by atoms with Crippen molar-refractivity contribution in [2.75, 3.05) is 23.5 Å². The third-order valence-corrected chi connectivity index (χ3v) is 6.56. The van der Waals surface area contributed by atoms with E-state index in [0.29, 0.717) is 22.6 Å². The molecule has 3 amide bonds. The van der Waals surface area contributed by atoms with Crippen molar-refractivity contribution in [2.45, 2.75) is 4.90 Å². The van der Waals surface area contributed by atoms with Gasteiger partial charge in [-0.25, -0.2) is 4.39 Å². The molecule has 9 heteroatoms. The Labute approximate surface area is 235 Å². The molecule has 0 aliphatic carbocycles. The Kier molecular flexibility index (Phi) is 9.68. The van der Waals surface area contributed by atoms with Crippen molar-refractivity contribution >= 4 is 46.9 Å². The van der Waals surface area contributed by atoms with Gasteiger partial charge in [-0.1, -0.05) is 48.5 Å². The van der Waals surface area contributed by atoms with E-state index >= 15 is 0 Å². The molecule has 0 saturated heterocycles. The number of carbonyl (C=O) groups is 3. The van der Waals surface area contributed by atoms with Gasteiger partial charge in [0.1, 0.15) is 17.3 Å². The van der Waals surface area contributed by atoms with E-state index in [2.05, 4.69) is 16.0 Å². The van der Waals surface area contributed by atoms with Crippen molar-refractivity contribution < 1.29 is 23.5 Å². The number of hydrogen-bond donors (Lipinski definition) is 3. The molecule has 0 aliphatic rings. The van der Waals surface area contributed by atoms with Gasteiger partial charge in [-0.15, -0.1) is 11.8 Å². The number of amides is 3. The number of halogens is 1. The number of methoxy groups -OCH3 is 1. The minimum atomic E-state index is -0.528. The van der Waals surface area contributed by atoms with E-state index in [-0.39, 0.29) is 23.0 Å². The van der Waals surface area contributed by atoms with Gasteiger partial charge in [-0.05, 0) is 66.2 Å². The van der Waals surface area contributed by atoms with Gasteiger partial charge in [0.2, 0.25) is 5.91 Å². The molecule has 0 bridgehead atoms. The van der Waals surface area contributed by atoms with Gasteiger partial charge in [-0.2, -0.15) is 0 Å². The highest BCUT2D eigenvalue weighted by molar-refractivity contribution is 8.00. The van der Waals surface area contributed by atoms with E-state index in [1.54, 1.807) is 104 Å². The largest absolute Gasteiger partial charge is 0.497 e. The maximum atomic E-state index is 13.8. The zero-order chi connectivity index (χ0) is 28.3. The molecule has 4 aromatic rings. The number of anilines is 2. The second-order valence-electron chi connectivity index (χ2n) is 8.45. The fourth-order valence-corrected chi connectivity index (χ4v) is 4.32. The molecule has 0 atom stereocenters. The van der Waals surface area contributed by atoms with Crippen LogP contribution >= 0.6 is 11.8 Å². The lowest BCUT2D eigenvalue weighted by molar-refractivity contribution is -0.114. The maximum Gasteiger partial charge on any atom is 0.272 e. The van der Waals surface area contributed by atoms with Gasteiger partial charge in [0, 0.05) is 16.1 Å². The molecule has 0 aliphatic heterocycles. The van der Waals surface area contributed by atoms with Crippen LogP contribution in [-0.2, 0) is 9.59 Å². The van der Waals surface area contributed by atoms with Crippen LogP contribution in [0.5, 0.6) is 5.75 Å². The number of benzene rings is 4. The predicted molar refractivity (Wildman–Crippen MR) is 156 cm³/mol. The summed E-state index contributed by atoms with van der Waals surface area (Å²) < 4.78 is 19.0. The lowest BCUT2D eigenvalue weighted by Crippen LogP contribution is -2.30. The van der Waals surface area contributed by atoms with Crippen LogP contribution in [0, 0.1) is 5.82 Å². The monoisotopic (exact) mass is 555 g/mol. The lowest BCUT2D eigenvalue weighted by atomic mass is 10.1. The molecule has 0 aromatic heterocycles. The average Bonchev–Trinajstić information content (AvgIpc) is 2.98. The summed E-state index contributed by atoms with van der Waals surface area (Å²) in [6.07, 6.45) is 1.57. The van der Waals surface area contributed by atoms with Gasteiger partial charge in [0.25, 0.3) is 11.8 Å². The fraction of sp³-hybridized carbons (Fsp3) is 0.0645. The third-order valence-electron chi connectivity index (χ3n) is 5.57. The van der Waals surface area contributed by atoms with Crippen LogP contribution < -0.4 is 20.7 Å². The molecule has 40 heavy (non-hydrogen) atoms. The minimum Gasteiger partial charge on any atom is -0.497 e. The van der Waals surface area contributed by atoms with Crippen LogP contribution in [0.4, 0.5) is 15.8 Å². The van der Waals surface area contributed by atoms with Crippen molar-refractivity contribution in [1.82, 2.24) is 5.32 Å². The summed E-state index contributed by atoms with van der Waals surface area (Å²) in [6, 6.07) is 28.5. The van der Waals surface area contributed by atoms with Crippen molar-refractivity contribution in [3.8, 4) is 5.75 Å². The predicted octanol–water partition coefficient (Wildman–Crippen LogP) is 5.97. The van der Waals surface area contributed by atoms with Crippen LogP contribution in [0.15, 0.2) is 114 Å². The number of para-hydroxylation sites is 1. The van der Waals surface area contributed by atoms with Crippen LogP contribution in [0.3, 0.4) is 0 Å². The summed E-state index contributed by atoms with van der Waals surface area (Å²) in [6.45, 7) is 0. The number of carbonyl (C=O) groups excluding carboxylic acids is 3. The molecule has 4 aromatic carbocycles. The first-order chi connectivity index (χ1) is 19.4. The second kappa shape index (κ2) is 13.8. The summed E-state index contributed by atoms with van der Waals surface area (Å²) in [4.78, 5) is 39.2. The number of rotatable bonds is 10. The van der Waals surface area contributed by atoms with Crippen LogP contribution in [0.2, 0.25) is 0 Å². The molecule has 0 saturated carbocycles. The Balaban J connectivity index is 1.46. The standard InChI is InChI=1S/C31H26FN3O4S/c1-39-24-16-14-21(15-17-24)18-28(35-30(37)22-8-3-2-4-9-22)31(38)33-23-10-7-11-25(19-23)40-20-29(36)34-27-13-6-5-12-26(27)32/h2-19H,20H2,1H3,(H,33,38)(H,34,36)(H,35,37)/b28-18+. The van der Waals surface area contributed by atoms with Gasteiger partial charge in [0.15, 0.2) is 0 Å². The summed E-state index contributed by atoms with van der Waals surface area (Å²) in [5.41, 5.74) is 1.72. The maximum absolute atomic E-state index is 13.8. The van der Waals surface area contributed by atoms with Gasteiger partial charge in [0.05, 0.1) is 18.6 Å². The minimum absolute atomic E-state index is 0.0429. The van der Waals surface area contributed by atoms with Crippen molar-refractivity contribution in [3.05, 3.63) is 126 Å². The Hall–Kier alpha value is -4.89. The summed E-state index contributed by atoms with van der Waals surface area (Å²) in [5.74, 6) is -1.13. The van der Waals surface area contributed by atoms with Gasteiger partial charge in [-0.3, -0.25) is 14.4 Å². The van der Waals surface area contributed by atoms with Gasteiger partial charge >= 0.3 is 0 Å². The molecule has 3 N–H and O–H groups in total. The summed E-state index contributed by atoms with van der Waals surface area (Å²) in [5, 5.41) is 8.05. The van der Waals surface area contributed by atoms with E-state index in [9.17, 15) is 18.8 Å². The van der Waals surface area contributed by atoms with E-state index < -0.39 is 17.6 Å². The fourth-order valence-electron chi connectivity index (χ4n) is 3.57. The first kappa shape index (κ1) is 28.1. The zero-order valence-electron chi connectivity index (χ0n) is 21.5. The molecule has 0 spiro atoms.